The summed E-state index contributed by atoms with van der Waals surface area (Å²) < 4.78 is 24.4. The van der Waals surface area contributed by atoms with Crippen LogP contribution in [0.25, 0.3) is 0 Å². The fourth-order valence-corrected chi connectivity index (χ4v) is 1.48. The quantitative estimate of drug-likeness (QED) is 0.701. The van der Waals surface area contributed by atoms with E-state index >= 15 is 0 Å². The van der Waals surface area contributed by atoms with Gasteiger partial charge in [0.2, 0.25) is 10.0 Å². The van der Waals surface area contributed by atoms with E-state index in [-0.39, 0.29) is 5.75 Å². The molecular formula is C7H13N3O2S. The summed E-state index contributed by atoms with van der Waals surface area (Å²) in [5, 5.41) is 0. The second-order valence-corrected chi connectivity index (χ2v) is 4.68. The molecule has 0 aliphatic heterocycles. The van der Waals surface area contributed by atoms with Crippen molar-refractivity contribution >= 4 is 10.0 Å². The van der Waals surface area contributed by atoms with Crippen molar-refractivity contribution in [2.24, 2.45) is 0 Å². The van der Waals surface area contributed by atoms with Gasteiger partial charge in [-0.3, -0.25) is 0 Å². The fraction of sp³-hybridized carbons (Fsp3) is 0.571. The van der Waals surface area contributed by atoms with Gasteiger partial charge in [-0.25, -0.2) is 18.1 Å². The number of hydrogen-bond acceptors (Lipinski definition) is 3. The summed E-state index contributed by atoms with van der Waals surface area (Å²) in [5.41, 5.74) is 0. The molecule has 6 heteroatoms. The average molecular weight is 203 g/mol. The number of H-pyrrole nitrogens is 1. The topological polar surface area (TPSA) is 74.8 Å². The van der Waals surface area contributed by atoms with E-state index in [0.29, 0.717) is 13.0 Å². The van der Waals surface area contributed by atoms with Crippen molar-refractivity contribution in [3.63, 3.8) is 0 Å². The van der Waals surface area contributed by atoms with E-state index in [2.05, 4.69) is 14.7 Å². The summed E-state index contributed by atoms with van der Waals surface area (Å²) in [7, 11) is -3.06. The molecule has 0 unspecified atom stereocenters. The van der Waals surface area contributed by atoms with Crippen LogP contribution in [0.2, 0.25) is 0 Å². The molecule has 1 heterocycles. The molecule has 0 bridgehead atoms. The maximum Gasteiger partial charge on any atom is 0.211 e. The van der Waals surface area contributed by atoms with Gasteiger partial charge in [-0.15, -0.1) is 0 Å². The Morgan fingerprint density at radius 3 is 2.92 bits per heavy atom. The Balaban J connectivity index is 2.30. The smallest absolute Gasteiger partial charge is 0.211 e. The van der Waals surface area contributed by atoms with Crippen molar-refractivity contribution in [1.29, 1.82) is 0 Å². The van der Waals surface area contributed by atoms with Gasteiger partial charge >= 0.3 is 0 Å². The second kappa shape index (κ2) is 4.38. The average Bonchev–Trinajstić information content (AvgIpc) is 2.57. The van der Waals surface area contributed by atoms with Crippen LogP contribution in [0.1, 0.15) is 12.7 Å². The molecule has 0 radical (unpaired) electrons. The molecule has 0 atom stereocenters. The number of rotatable bonds is 5. The zero-order chi connectivity index (χ0) is 9.73. The first-order chi connectivity index (χ1) is 6.14. The van der Waals surface area contributed by atoms with Crippen LogP contribution in [0.5, 0.6) is 0 Å². The number of sulfonamides is 1. The minimum absolute atomic E-state index is 0.116. The van der Waals surface area contributed by atoms with Gasteiger partial charge in [-0.2, -0.15) is 0 Å². The van der Waals surface area contributed by atoms with E-state index in [1.165, 1.54) is 0 Å². The van der Waals surface area contributed by atoms with Gasteiger partial charge in [-0.05, 0) is 6.92 Å². The Kier molecular flexibility index (Phi) is 3.44. The normalized spacial score (nSPS) is 11.8. The van der Waals surface area contributed by atoms with E-state index in [9.17, 15) is 8.42 Å². The molecular weight excluding hydrogens is 190 g/mol. The molecule has 0 aromatic carbocycles. The van der Waals surface area contributed by atoms with Gasteiger partial charge in [0.15, 0.2) is 0 Å². The number of aromatic amines is 1. The lowest BCUT2D eigenvalue weighted by Crippen LogP contribution is -2.27. The standard InChI is InChI=1S/C7H13N3O2S/c1-2-13(11,12)10-4-3-7-8-5-6-9-7/h5-6,10H,2-4H2,1H3,(H,8,9). The SMILES string of the molecule is CCS(=O)(=O)NCCc1ncc[nH]1. The van der Waals surface area contributed by atoms with Crippen LogP contribution in [0.3, 0.4) is 0 Å². The highest BCUT2D eigenvalue weighted by Crippen LogP contribution is 1.89. The highest BCUT2D eigenvalue weighted by atomic mass is 32.2. The molecule has 1 rings (SSSR count). The maximum absolute atomic E-state index is 11.0. The molecule has 0 saturated heterocycles. The second-order valence-electron chi connectivity index (χ2n) is 2.58. The lowest BCUT2D eigenvalue weighted by molar-refractivity contribution is 0.582. The zero-order valence-corrected chi connectivity index (χ0v) is 8.26. The molecule has 1 aromatic heterocycles. The zero-order valence-electron chi connectivity index (χ0n) is 7.45. The molecule has 1 aromatic rings. The Hall–Kier alpha value is -0.880. The Labute approximate surface area is 77.6 Å². The minimum Gasteiger partial charge on any atom is -0.349 e. The number of imidazole rings is 1. The highest BCUT2D eigenvalue weighted by molar-refractivity contribution is 7.89. The van der Waals surface area contributed by atoms with Crippen LogP contribution in [0, 0.1) is 0 Å². The minimum atomic E-state index is -3.06. The number of hydrogen-bond donors (Lipinski definition) is 2. The molecule has 0 aliphatic rings. The van der Waals surface area contributed by atoms with E-state index < -0.39 is 10.0 Å². The van der Waals surface area contributed by atoms with E-state index in [4.69, 9.17) is 0 Å². The molecule has 5 nitrogen and oxygen atoms in total. The Morgan fingerprint density at radius 2 is 2.38 bits per heavy atom. The molecule has 13 heavy (non-hydrogen) atoms. The summed E-state index contributed by atoms with van der Waals surface area (Å²) in [5.74, 6) is 0.907. The molecule has 0 saturated carbocycles. The summed E-state index contributed by atoms with van der Waals surface area (Å²) in [6, 6.07) is 0. The fourth-order valence-electron chi connectivity index (χ4n) is 0.862. The molecule has 2 N–H and O–H groups in total. The highest BCUT2D eigenvalue weighted by Gasteiger charge is 2.05. The van der Waals surface area contributed by atoms with Crippen LogP contribution < -0.4 is 4.72 Å². The Bertz CT molecular complexity index is 331. The van der Waals surface area contributed by atoms with Gasteiger partial charge in [0, 0.05) is 25.4 Å². The van der Waals surface area contributed by atoms with Crippen molar-refractivity contribution in [3.8, 4) is 0 Å². The predicted molar refractivity (Wildman–Crippen MR) is 49.8 cm³/mol. The first kappa shape index (κ1) is 10.2. The maximum atomic E-state index is 11.0. The number of aromatic nitrogens is 2. The van der Waals surface area contributed by atoms with Crippen LogP contribution in [-0.2, 0) is 16.4 Å². The summed E-state index contributed by atoms with van der Waals surface area (Å²) in [6.07, 6.45) is 3.94. The lowest BCUT2D eigenvalue weighted by Gasteiger charge is -2.01. The molecule has 74 valence electrons. The van der Waals surface area contributed by atoms with E-state index in [1.807, 2.05) is 0 Å². The third kappa shape index (κ3) is 3.56. The van der Waals surface area contributed by atoms with Crippen LogP contribution in [-0.4, -0.2) is 30.7 Å². The summed E-state index contributed by atoms with van der Waals surface area (Å²) >= 11 is 0. The van der Waals surface area contributed by atoms with Crippen molar-refractivity contribution < 1.29 is 8.42 Å². The van der Waals surface area contributed by atoms with Gasteiger partial charge in [0.25, 0.3) is 0 Å². The summed E-state index contributed by atoms with van der Waals surface area (Å²) in [6.45, 7) is 2.00. The van der Waals surface area contributed by atoms with Gasteiger partial charge in [0.1, 0.15) is 5.82 Å². The van der Waals surface area contributed by atoms with Gasteiger partial charge in [0.05, 0.1) is 5.75 Å². The van der Waals surface area contributed by atoms with Crippen molar-refractivity contribution in [2.45, 2.75) is 13.3 Å². The van der Waals surface area contributed by atoms with Gasteiger partial charge < -0.3 is 4.98 Å². The predicted octanol–water partition coefficient (Wildman–Crippen LogP) is -0.109. The number of nitrogens with one attached hydrogen (secondary N) is 2. The monoisotopic (exact) mass is 203 g/mol. The molecule has 0 aliphatic carbocycles. The van der Waals surface area contributed by atoms with Crippen LogP contribution in [0.4, 0.5) is 0 Å². The lowest BCUT2D eigenvalue weighted by atomic mass is 10.4. The van der Waals surface area contributed by atoms with E-state index in [1.54, 1.807) is 19.3 Å². The molecule has 0 fully saturated rings. The number of nitrogens with zero attached hydrogens (tertiary/aromatic N) is 1. The first-order valence-corrected chi connectivity index (χ1v) is 5.75. The molecule has 0 amide bonds. The van der Waals surface area contributed by atoms with Crippen molar-refractivity contribution in [1.82, 2.24) is 14.7 Å². The van der Waals surface area contributed by atoms with Crippen LogP contribution in [0.15, 0.2) is 12.4 Å². The largest absolute Gasteiger partial charge is 0.349 e. The van der Waals surface area contributed by atoms with E-state index in [0.717, 1.165) is 5.82 Å². The third-order valence-corrected chi connectivity index (χ3v) is 3.02. The van der Waals surface area contributed by atoms with Crippen molar-refractivity contribution in [2.75, 3.05) is 12.3 Å². The van der Waals surface area contributed by atoms with Gasteiger partial charge in [-0.1, -0.05) is 0 Å². The third-order valence-electron chi connectivity index (χ3n) is 1.62. The summed E-state index contributed by atoms with van der Waals surface area (Å²) in [4.78, 5) is 6.87. The first-order valence-electron chi connectivity index (χ1n) is 4.09. The van der Waals surface area contributed by atoms with Crippen molar-refractivity contribution in [3.05, 3.63) is 18.2 Å². The molecule has 0 spiro atoms. The Morgan fingerprint density at radius 1 is 1.62 bits per heavy atom. The van der Waals surface area contributed by atoms with Crippen LogP contribution >= 0.6 is 0 Å².